The van der Waals surface area contributed by atoms with Gasteiger partial charge in [0, 0.05) is 39.5 Å². The van der Waals surface area contributed by atoms with Crippen LogP contribution in [0.15, 0.2) is 170 Å². The molecule has 0 bridgehead atoms. The summed E-state index contributed by atoms with van der Waals surface area (Å²) in [6, 6.07) is 62.8. The molecule has 2 nitrogen and oxygen atoms in total. The molecule has 0 N–H and O–H groups in total. The topological polar surface area (TPSA) is 6.48 Å². The van der Waals surface area contributed by atoms with Gasteiger partial charge in [-0.2, -0.15) is 0 Å². The summed E-state index contributed by atoms with van der Waals surface area (Å²) in [7, 11) is 0. The molecule has 1 aliphatic carbocycles. The van der Waals surface area contributed by atoms with Crippen LogP contribution in [0.4, 0.5) is 34.1 Å². The third-order valence-corrected chi connectivity index (χ3v) is 11.2. The summed E-state index contributed by atoms with van der Waals surface area (Å²) in [6.07, 6.45) is 4.59. The predicted molar refractivity (Wildman–Crippen MR) is 226 cm³/mol. The number of para-hydroxylation sites is 1. The van der Waals surface area contributed by atoms with Crippen LogP contribution < -0.4 is 9.80 Å². The Morgan fingerprint density at radius 3 is 1.32 bits per heavy atom. The first kappa shape index (κ1) is 34.2. The molecular formula is C51H48N2. The highest BCUT2D eigenvalue weighted by molar-refractivity contribution is 5.82. The summed E-state index contributed by atoms with van der Waals surface area (Å²) < 4.78 is 0. The number of nitrogens with zero attached hydrogens (tertiary/aromatic N) is 2. The molecule has 0 saturated carbocycles. The van der Waals surface area contributed by atoms with Crippen LogP contribution >= 0.6 is 0 Å². The van der Waals surface area contributed by atoms with Gasteiger partial charge in [0.15, 0.2) is 0 Å². The normalized spacial score (nSPS) is 13.1. The lowest BCUT2D eigenvalue weighted by Gasteiger charge is -2.31. The van der Waals surface area contributed by atoms with E-state index >= 15 is 0 Å². The molecule has 1 aliphatic rings. The maximum Gasteiger partial charge on any atom is 0.0464 e. The molecule has 2 heteroatoms. The van der Waals surface area contributed by atoms with E-state index in [0.29, 0.717) is 0 Å². The van der Waals surface area contributed by atoms with Gasteiger partial charge in [-0.1, -0.05) is 128 Å². The molecule has 0 radical (unpaired) electrons. The zero-order chi connectivity index (χ0) is 36.4. The lowest BCUT2D eigenvalue weighted by atomic mass is 9.73. The third kappa shape index (κ3) is 6.90. The molecule has 7 aromatic carbocycles. The Labute approximate surface area is 316 Å². The number of aryl methyl sites for hydroxylation is 4. The largest absolute Gasteiger partial charge is 0.311 e. The third-order valence-electron chi connectivity index (χ3n) is 11.2. The summed E-state index contributed by atoms with van der Waals surface area (Å²) in [5.74, 6) is 0. The summed E-state index contributed by atoms with van der Waals surface area (Å²) in [5, 5.41) is 0. The monoisotopic (exact) mass is 688 g/mol. The predicted octanol–water partition coefficient (Wildman–Crippen LogP) is 14.1. The molecule has 1 atom stereocenters. The van der Waals surface area contributed by atoms with Crippen LogP contribution in [-0.2, 0) is 18.3 Å². The van der Waals surface area contributed by atoms with Crippen molar-refractivity contribution in [3.8, 4) is 11.1 Å². The molecule has 1 unspecified atom stereocenters. The number of hydrogen-bond acceptors (Lipinski definition) is 2. The van der Waals surface area contributed by atoms with Crippen molar-refractivity contribution in [2.45, 2.75) is 58.8 Å². The number of rotatable bonds is 11. The van der Waals surface area contributed by atoms with E-state index < -0.39 is 0 Å². The van der Waals surface area contributed by atoms with Gasteiger partial charge in [0.05, 0.1) is 0 Å². The van der Waals surface area contributed by atoms with Gasteiger partial charge in [-0.3, -0.25) is 0 Å². The Balaban J connectivity index is 1.10. The average molecular weight is 689 g/mol. The summed E-state index contributed by atoms with van der Waals surface area (Å²) in [6.45, 7) is 8.97. The van der Waals surface area contributed by atoms with Gasteiger partial charge in [0.25, 0.3) is 0 Å². The first-order chi connectivity index (χ1) is 25.9. The Bertz CT molecular complexity index is 2290. The standard InChI is InChI=1S/C51H48N2/c1-5-35-51(4,43-22-11-37(2)12-23-43)44-24-17-39(18-25-44)40-19-28-47(29-20-40)52(45-9-7-6-8-10-45)48-31-33-49(34-32-48)53(46-26-13-38(3)14-27-46)50-30-21-41-15-16-42(41)36-50/h6-14,17-34,36H,5,15-16,35H2,1-4H3. The van der Waals surface area contributed by atoms with E-state index in [0.717, 1.165) is 47.7 Å². The van der Waals surface area contributed by atoms with Gasteiger partial charge in [0.2, 0.25) is 0 Å². The van der Waals surface area contributed by atoms with E-state index in [9.17, 15) is 0 Å². The van der Waals surface area contributed by atoms with Crippen molar-refractivity contribution in [3.05, 3.63) is 203 Å². The van der Waals surface area contributed by atoms with Gasteiger partial charge in [0.1, 0.15) is 0 Å². The fraction of sp³-hybridized carbons (Fsp3) is 0.176. The maximum absolute atomic E-state index is 2.39. The molecule has 7 aromatic rings. The van der Waals surface area contributed by atoms with Crippen LogP contribution in [0, 0.1) is 13.8 Å². The molecule has 0 spiro atoms. The van der Waals surface area contributed by atoms with Crippen LogP contribution in [0.1, 0.15) is 60.1 Å². The molecule has 8 rings (SSSR count). The van der Waals surface area contributed by atoms with Crippen molar-refractivity contribution in [2.75, 3.05) is 9.80 Å². The lowest BCUT2D eigenvalue weighted by Crippen LogP contribution is -2.23. The van der Waals surface area contributed by atoms with Gasteiger partial charge in [-0.15, -0.1) is 0 Å². The second-order valence-electron chi connectivity index (χ2n) is 14.9. The molecule has 262 valence electrons. The average Bonchev–Trinajstić information content (AvgIpc) is 3.18. The Kier molecular flexibility index (Phi) is 9.46. The van der Waals surface area contributed by atoms with E-state index in [1.54, 1.807) is 0 Å². The molecule has 0 heterocycles. The fourth-order valence-electron chi connectivity index (χ4n) is 7.95. The first-order valence-corrected chi connectivity index (χ1v) is 19.1. The van der Waals surface area contributed by atoms with Crippen molar-refractivity contribution >= 4 is 34.1 Å². The Morgan fingerprint density at radius 1 is 0.434 bits per heavy atom. The SMILES string of the molecule is CCCC(C)(c1ccc(C)cc1)c1ccc(-c2ccc(N(c3ccccc3)c3ccc(N(c4ccc(C)cc4)c4ccc5c(c4)CC5)cc3)cc2)cc1. The van der Waals surface area contributed by atoms with Crippen molar-refractivity contribution in [1.82, 2.24) is 0 Å². The maximum atomic E-state index is 2.39. The molecule has 0 aromatic heterocycles. The van der Waals surface area contributed by atoms with E-state index in [4.69, 9.17) is 0 Å². The summed E-state index contributed by atoms with van der Waals surface area (Å²) in [5.41, 5.74) is 17.5. The van der Waals surface area contributed by atoms with E-state index in [2.05, 4.69) is 207 Å². The lowest BCUT2D eigenvalue weighted by molar-refractivity contribution is 0.512. The number of benzene rings is 7. The Morgan fingerprint density at radius 2 is 0.830 bits per heavy atom. The van der Waals surface area contributed by atoms with Crippen molar-refractivity contribution < 1.29 is 0 Å². The molecule has 0 saturated heterocycles. The van der Waals surface area contributed by atoms with Crippen LogP contribution in [0.3, 0.4) is 0 Å². The van der Waals surface area contributed by atoms with E-state index in [-0.39, 0.29) is 5.41 Å². The molecule has 0 aliphatic heterocycles. The van der Waals surface area contributed by atoms with Crippen LogP contribution in [0.2, 0.25) is 0 Å². The zero-order valence-electron chi connectivity index (χ0n) is 31.4. The molecule has 0 fully saturated rings. The minimum Gasteiger partial charge on any atom is -0.311 e. The Hall–Kier alpha value is -5.86. The molecule has 0 amide bonds. The number of anilines is 6. The highest BCUT2D eigenvalue weighted by Gasteiger charge is 2.28. The smallest absolute Gasteiger partial charge is 0.0464 e. The highest BCUT2D eigenvalue weighted by Crippen LogP contribution is 2.42. The van der Waals surface area contributed by atoms with Gasteiger partial charge in [-0.25, -0.2) is 0 Å². The summed E-state index contributed by atoms with van der Waals surface area (Å²) >= 11 is 0. The van der Waals surface area contributed by atoms with Crippen molar-refractivity contribution in [2.24, 2.45) is 0 Å². The first-order valence-electron chi connectivity index (χ1n) is 19.1. The molecular weight excluding hydrogens is 641 g/mol. The van der Waals surface area contributed by atoms with Crippen molar-refractivity contribution in [1.29, 1.82) is 0 Å². The second kappa shape index (κ2) is 14.6. The van der Waals surface area contributed by atoms with Crippen LogP contribution in [0.5, 0.6) is 0 Å². The van der Waals surface area contributed by atoms with Gasteiger partial charge < -0.3 is 9.80 Å². The zero-order valence-corrected chi connectivity index (χ0v) is 31.4. The van der Waals surface area contributed by atoms with Crippen LogP contribution in [-0.4, -0.2) is 0 Å². The number of hydrogen-bond donors (Lipinski definition) is 0. The minimum atomic E-state index is -0.0184. The number of fused-ring (bicyclic) bond motifs is 1. The fourth-order valence-corrected chi connectivity index (χ4v) is 7.95. The van der Waals surface area contributed by atoms with Crippen LogP contribution in [0.25, 0.3) is 11.1 Å². The van der Waals surface area contributed by atoms with Crippen molar-refractivity contribution in [3.63, 3.8) is 0 Å². The van der Waals surface area contributed by atoms with E-state index in [1.807, 2.05) is 0 Å². The quantitative estimate of drug-likeness (QED) is 0.133. The highest BCUT2D eigenvalue weighted by atomic mass is 15.2. The second-order valence-corrected chi connectivity index (χ2v) is 14.9. The molecule has 53 heavy (non-hydrogen) atoms. The van der Waals surface area contributed by atoms with Gasteiger partial charge in [-0.05, 0) is 139 Å². The van der Waals surface area contributed by atoms with Gasteiger partial charge >= 0.3 is 0 Å². The minimum absolute atomic E-state index is 0.0184. The summed E-state index contributed by atoms with van der Waals surface area (Å²) in [4.78, 5) is 4.72. The van der Waals surface area contributed by atoms with E-state index in [1.165, 1.54) is 56.6 Å².